The molecule has 0 radical (unpaired) electrons. The van der Waals surface area contributed by atoms with Crippen LogP contribution in [0.15, 0.2) is 28.3 Å². The predicted octanol–water partition coefficient (Wildman–Crippen LogP) is 4.67. The van der Waals surface area contributed by atoms with E-state index in [1.54, 1.807) is 7.11 Å². The van der Waals surface area contributed by atoms with Crippen molar-refractivity contribution in [1.29, 1.82) is 0 Å². The van der Waals surface area contributed by atoms with Gasteiger partial charge in [-0.05, 0) is 49.7 Å². The van der Waals surface area contributed by atoms with E-state index in [2.05, 4.69) is 51.8 Å². The van der Waals surface area contributed by atoms with Crippen molar-refractivity contribution in [1.82, 2.24) is 0 Å². The molecular weight excluding hydrogens is 234 g/mol. The lowest BCUT2D eigenvalue weighted by molar-refractivity contribution is 0.204. The standard InChI is InChI=1S/C17H31NO/c1-8-14(4)17(18-6)16(10-9-11-19-7)12-15(5)13(2)3/h8,10,13,15H,9,11-12H2,1-7H3/b14-8-,16-10+,18-17?. The molecule has 2 heteroatoms. The second-order valence-electron chi connectivity index (χ2n) is 5.48. The third-order valence-corrected chi connectivity index (χ3v) is 3.73. The summed E-state index contributed by atoms with van der Waals surface area (Å²) >= 11 is 0. The zero-order valence-corrected chi connectivity index (χ0v) is 13.8. The van der Waals surface area contributed by atoms with E-state index in [1.807, 2.05) is 7.05 Å². The zero-order chi connectivity index (χ0) is 14.8. The third-order valence-electron chi connectivity index (χ3n) is 3.73. The van der Waals surface area contributed by atoms with Gasteiger partial charge in [-0.15, -0.1) is 0 Å². The first-order valence-electron chi connectivity index (χ1n) is 7.26. The van der Waals surface area contributed by atoms with Gasteiger partial charge in [0, 0.05) is 20.8 Å². The van der Waals surface area contributed by atoms with Crippen LogP contribution in [0, 0.1) is 11.8 Å². The molecule has 1 atom stereocenters. The number of aliphatic imine (C=N–C) groups is 1. The Morgan fingerprint density at radius 1 is 1.26 bits per heavy atom. The van der Waals surface area contributed by atoms with Crippen LogP contribution in [0.1, 0.15) is 47.5 Å². The molecule has 0 bridgehead atoms. The van der Waals surface area contributed by atoms with Crippen molar-refractivity contribution in [2.24, 2.45) is 16.8 Å². The molecule has 0 spiro atoms. The number of ether oxygens (including phenoxy) is 1. The fraction of sp³-hybridized carbons (Fsp3) is 0.706. The maximum Gasteiger partial charge on any atom is 0.0625 e. The van der Waals surface area contributed by atoms with Gasteiger partial charge < -0.3 is 4.74 Å². The number of hydrogen-bond donors (Lipinski definition) is 0. The van der Waals surface area contributed by atoms with Crippen molar-refractivity contribution >= 4 is 5.71 Å². The smallest absolute Gasteiger partial charge is 0.0625 e. The highest BCUT2D eigenvalue weighted by Crippen LogP contribution is 2.23. The number of nitrogens with zero attached hydrogens (tertiary/aromatic N) is 1. The van der Waals surface area contributed by atoms with Gasteiger partial charge in [-0.3, -0.25) is 4.99 Å². The normalized spacial score (nSPS) is 16.1. The Bertz CT molecular complexity index is 337. The van der Waals surface area contributed by atoms with Crippen LogP contribution in [0.2, 0.25) is 0 Å². The van der Waals surface area contributed by atoms with Gasteiger partial charge in [0.05, 0.1) is 5.71 Å². The first-order valence-corrected chi connectivity index (χ1v) is 7.26. The van der Waals surface area contributed by atoms with E-state index in [0.29, 0.717) is 11.8 Å². The lowest BCUT2D eigenvalue weighted by atomic mass is 9.87. The monoisotopic (exact) mass is 265 g/mol. The summed E-state index contributed by atoms with van der Waals surface area (Å²) in [4.78, 5) is 4.49. The molecule has 0 saturated carbocycles. The van der Waals surface area contributed by atoms with Crippen molar-refractivity contribution < 1.29 is 4.74 Å². The van der Waals surface area contributed by atoms with Gasteiger partial charge in [0.2, 0.25) is 0 Å². The van der Waals surface area contributed by atoms with Crippen molar-refractivity contribution in [2.75, 3.05) is 20.8 Å². The number of rotatable bonds is 8. The molecular formula is C17H31NO. The molecule has 0 amide bonds. The molecule has 0 aromatic heterocycles. The largest absolute Gasteiger partial charge is 0.384 e. The van der Waals surface area contributed by atoms with Crippen LogP contribution in [0.3, 0.4) is 0 Å². The fourth-order valence-corrected chi connectivity index (χ4v) is 1.92. The molecule has 0 fully saturated rings. The summed E-state index contributed by atoms with van der Waals surface area (Å²) in [5.74, 6) is 1.35. The van der Waals surface area contributed by atoms with Crippen LogP contribution < -0.4 is 0 Å². The summed E-state index contributed by atoms with van der Waals surface area (Å²) in [6.45, 7) is 11.8. The molecule has 0 aliphatic rings. The number of hydrogen-bond acceptors (Lipinski definition) is 2. The third kappa shape index (κ3) is 6.72. The molecule has 0 heterocycles. The van der Waals surface area contributed by atoms with Gasteiger partial charge >= 0.3 is 0 Å². The molecule has 110 valence electrons. The van der Waals surface area contributed by atoms with Crippen molar-refractivity contribution in [3.63, 3.8) is 0 Å². The molecule has 0 saturated heterocycles. The minimum Gasteiger partial charge on any atom is -0.384 e. The molecule has 1 unspecified atom stereocenters. The molecule has 0 aromatic rings. The topological polar surface area (TPSA) is 21.6 Å². The molecule has 0 N–H and O–H groups in total. The highest BCUT2D eigenvalue weighted by molar-refractivity contribution is 6.11. The maximum absolute atomic E-state index is 5.15. The Hall–Kier alpha value is -0.890. The van der Waals surface area contributed by atoms with Crippen LogP contribution in [0.4, 0.5) is 0 Å². The average molecular weight is 265 g/mol. The lowest BCUT2D eigenvalue weighted by Gasteiger charge is -2.19. The van der Waals surface area contributed by atoms with E-state index in [1.165, 1.54) is 11.1 Å². The summed E-state index contributed by atoms with van der Waals surface area (Å²) in [6, 6.07) is 0. The van der Waals surface area contributed by atoms with E-state index >= 15 is 0 Å². The van der Waals surface area contributed by atoms with Gasteiger partial charge in [0.25, 0.3) is 0 Å². The van der Waals surface area contributed by atoms with Gasteiger partial charge in [0.15, 0.2) is 0 Å². The van der Waals surface area contributed by atoms with Crippen molar-refractivity contribution in [3.05, 3.63) is 23.3 Å². The zero-order valence-electron chi connectivity index (χ0n) is 13.8. The van der Waals surface area contributed by atoms with E-state index < -0.39 is 0 Å². The summed E-state index contributed by atoms with van der Waals surface area (Å²) in [6.07, 6.45) is 6.45. The molecule has 0 aliphatic heterocycles. The Labute approximate surface area is 119 Å². The highest BCUT2D eigenvalue weighted by Gasteiger charge is 2.14. The predicted molar refractivity (Wildman–Crippen MR) is 86.0 cm³/mol. The lowest BCUT2D eigenvalue weighted by Crippen LogP contribution is -2.12. The Balaban J connectivity index is 5.10. The van der Waals surface area contributed by atoms with Gasteiger partial charge in [-0.25, -0.2) is 0 Å². The first kappa shape index (κ1) is 18.1. The summed E-state index contributed by atoms with van der Waals surface area (Å²) in [5, 5.41) is 0. The minimum absolute atomic E-state index is 0.662. The second-order valence-corrected chi connectivity index (χ2v) is 5.48. The van der Waals surface area contributed by atoms with E-state index in [0.717, 1.165) is 25.2 Å². The average Bonchev–Trinajstić information content (AvgIpc) is 2.38. The van der Waals surface area contributed by atoms with Crippen LogP contribution in [0.5, 0.6) is 0 Å². The Morgan fingerprint density at radius 2 is 1.89 bits per heavy atom. The Kier molecular flexibility index (Phi) is 9.50. The minimum atomic E-state index is 0.662. The molecule has 0 aliphatic carbocycles. The SMILES string of the molecule is C/C=C(/C)C(=NC)/C(=C/CCOC)CC(C)C(C)C. The van der Waals surface area contributed by atoms with Crippen molar-refractivity contribution in [3.8, 4) is 0 Å². The number of allylic oxidation sites excluding steroid dienone is 3. The van der Waals surface area contributed by atoms with Gasteiger partial charge in [0.1, 0.15) is 0 Å². The van der Waals surface area contributed by atoms with Crippen LogP contribution in [0.25, 0.3) is 0 Å². The maximum atomic E-state index is 5.15. The molecule has 2 nitrogen and oxygen atoms in total. The highest BCUT2D eigenvalue weighted by atomic mass is 16.5. The summed E-state index contributed by atoms with van der Waals surface area (Å²) in [5.41, 5.74) is 3.75. The Morgan fingerprint density at radius 3 is 2.32 bits per heavy atom. The van der Waals surface area contributed by atoms with Gasteiger partial charge in [-0.1, -0.05) is 32.9 Å². The van der Waals surface area contributed by atoms with E-state index in [-0.39, 0.29) is 0 Å². The second kappa shape index (κ2) is 9.96. The summed E-state index contributed by atoms with van der Waals surface area (Å²) in [7, 11) is 3.63. The molecule has 0 rings (SSSR count). The van der Waals surface area contributed by atoms with Crippen LogP contribution in [-0.4, -0.2) is 26.5 Å². The van der Waals surface area contributed by atoms with Crippen LogP contribution >= 0.6 is 0 Å². The molecule has 19 heavy (non-hydrogen) atoms. The van der Waals surface area contributed by atoms with Crippen molar-refractivity contribution in [2.45, 2.75) is 47.5 Å². The van der Waals surface area contributed by atoms with E-state index in [4.69, 9.17) is 4.74 Å². The van der Waals surface area contributed by atoms with E-state index in [9.17, 15) is 0 Å². The van der Waals surface area contributed by atoms with Crippen LogP contribution in [-0.2, 0) is 4.74 Å². The fourth-order valence-electron chi connectivity index (χ4n) is 1.92. The quantitative estimate of drug-likeness (QED) is 0.461. The summed E-state index contributed by atoms with van der Waals surface area (Å²) < 4.78 is 5.15. The molecule has 0 aromatic carbocycles. The van der Waals surface area contributed by atoms with Gasteiger partial charge in [-0.2, -0.15) is 0 Å². The number of methoxy groups -OCH3 is 1. The first-order chi connectivity index (χ1) is 8.97.